The van der Waals surface area contributed by atoms with E-state index in [1.165, 1.54) is 43.7 Å². The number of benzene rings is 1. The normalized spacial score (nSPS) is 19.5. The fourth-order valence-electron chi connectivity index (χ4n) is 5.04. The summed E-state index contributed by atoms with van der Waals surface area (Å²) in [5.74, 6) is 0. The first-order chi connectivity index (χ1) is 19.7. The third-order valence-corrected chi connectivity index (χ3v) is 10.7. The molecule has 42 heavy (non-hydrogen) atoms. The van der Waals surface area contributed by atoms with Gasteiger partial charge in [-0.3, -0.25) is 14.3 Å². The van der Waals surface area contributed by atoms with Gasteiger partial charge >= 0.3 is 6.36 Å². The zero-order chi connectivity index (χ0) is 30.4. The summed E-state index contributed by atoms with van der Waals surface area (Å²) in [6.45, 7) is 1.98. The second-order valence-electron chi connectivity index (χ2n) is 9.98. The average Bonchev–Trinajstić information content (AvgIpc) is 3.38. The molecule has 0 radical (unpaired) electrons. The van der Waals surface area contributed by atoms with E-state index in [0.717, 1.165) is 8.54 Å². The minimum Gasteiger partial charge on any atom is -0.327 e. The van der Waals surface area contributed by atoms with Crippen LogP contribution in [-0.4, -0.2) is 45.0 Å². The number of pyridine rings is 2. The van der Waals surface area contributed by atoms with Crippen LogP contribution in [-0.2, 0) is 21.3 Å². The Morgan fingerprint density at radius 3 is 2.48 bits per heavy atom. The molecule has 8 nitrogen and oxygen atoms in total. The lowest BCUT2D eigenvalue weighted by atomic mass is 9.85. The zero-order valence-electron chi connectivity index (χ0n) is 22.4. The third-order valence-electron chi connectivity index (χ3n) is 7.50. The fraction of sp³-hybridized carbons (Fsp3) is 0.241. The van der Waals surface area contributed by atoms with Crippen LogP contribution >= 0.6 is 11.6 Å². The molecule has 1 aliphatic carbocycles. The summed E-state index contributed by atoms with van der Waals surface area (Å²) >= 11 is 6.83. The smallest absolute Gasteiger partial charge is 0.327 e. The van der Waals surface area contributed by atoms with Crippen LogP contribution in [0.15, 0.2) is 94.4 Å². The molecule has 0 aliphatic heterocycles. The van der Waals surface area contributed by atoms with Gasteiger partial charge in [0.25, 0.3) is 11.1 Å². The number of aromatic nitrogens is 3. The molecule has 1 aliphatic rings. The summed E-state index contributed by atoms with van der Waals surface area (Å²) in [6, 6.07) is 13.3. The van der Waals surface area contributed by atoms with Crippen LogP contribution in [0.5, 0.6) is 0 Å². The van der Waals surface area contributed by atoms with Gasteiger partial charge in [-0.05, 0) is 48.3 Å². The van der Waals surface area contributed by atoms with Gasteiger partial charge in [-0.2, -0.15) is 0 Å². The predicted octanol–water partition coefficient (Wildman–Crippen LogP) is 5.28. The maximum Gasteiger partial charge on any atom is 0.522 e. The number of hydrogen-bond acceptors (Lipinski definition) is 5. The average molecular weight is 620 g/mol. The van der Waals surface area contributed by atoms with Crippen LogP contribution in [0.3, 0.4) is 0 Å². The quantitative estimate of drug-likeness (QED) is 0.284. The number of nitrogens with zero attached hydrogens (tertiary/aromatic N) is 2. The lowest BCUT2D eigenvalue weighted by Crippen LogP contribution is -2.48. The lowest BCUT2D eigenvalue weighted by molar-refractivity contribution is -0.325. The van der Waals surface area contributed by atoms with E-state index in [2.05, 4.69) is 9.72 Å². The molecular formula is C29H25ClF3N3O5S. The molecule has 3 aromatic heterocycles. The van der Waals surface area contributed by atoms with Crippen molar-refractivity contribution in [3.8, 4) is 11.1 Å². The van der Waals surface area contributed by atoms with Gasteiger partial charge in [0.1, 0.15) is 10.3 Å². The third kappa shape index (κ3) is 5.14. The second-order valence-corrected chi connectivity index (χ2v) is 12.6. The van der Waals surface area contributed by atoms with Crippen molar-refractivity contribution in [1.29, 1.82) is 0 Å². The van der Waals surface area contributed by atoms with Crippen molar-refractivity contribution in [3.05, 3.63) is 111 Å². The molecule has 2 unspecified atom stereocenters. The Morgan fingerprint density at radius 2 is 1.81 bits per heavy atom. The molecule has 220 valence electrons. The summed E-state index contributed by atoms with van der Waals surface area (Å²) in [6.07, 6.45) is 2.50. The Bertz CT molecular complexity index is 1960. The monoisotopic (exact) mass is 619 g/mol. The molecular weight excluding hydrogens is 595 g/mol. The van der Waals surface area contributed by atoms with Crippen LogP contribution in [0.1, 0.15) is 19.4 Å². The van der Waals surface area contributed by atoms with Crippen molar-refractivity contribution in [2.75, 3.05) is 6.61 Å². The van der Waals surface area contributed by atoms with Gasteiger partial charge in [0.15, 0.2) is 0 Å². The van der Waals surface area contributed by atoms with E-state index in [4.69, 9.17) is 11.6 Å². The number of hydrogen-bond donors (Lipinski definition) is 1. The van der Waals surface area contributed by atoms with Gasteiger partial charge in [-0.15, -0.1) is 24.8 Å². The Labute approximate surface area is 243 Å². The standard InChI is InChI=1S/C29H25ClF3N3O5S/c1-18-14-21(15-24(30)28(18,2)42(39,40)36-11-9-20-8-10-34-27(38)26(20)36)22-16-25(37)35(12-13-41-29(31,32)33)17-23(22)19-6-4-3-5-7-19/h3-11,14-17,24H,12-13H2,1-2H3,(H,34,38). The summed E-state index contributed by atoms with van der Waals surface area (Å²) in [5, 5.41) is -0.687. The van der Waals surface area contributed by atoms with Crippen LogP contribution in [0.25, 0.3) is 27.6 Å². The van der Waals surface area contributed by atoms with Crippen LogP contribution in [0, 0.1) is 0 Å². The SMILES string of the molecule is CC1=CC(c2cc(=O)n(CCOC(F)(F)F)cc2-c2ccccc2)=CC(Cl)C1(C)S(=O)(=O)n1ccc2cc[nH]c(=O)c21. The fourth-order valence-corrected chi connectivity index (χ4v) is 7.56. The van der Waals surface area contributed by atoms with E-state index in [1.54, 1.807) is 49.4 Å². The molecule has 1 N–H and O–H groups in total. The Hall–Kier alpha value is -3.87. The maximum absolute atomic E-state index is 14.1. The highest BCUT2D eigenvalue weighted by Gasteiger charge is 2.49. The molecule has 5 rings (SSSR count). The predicted molar refractivity (Wildman–Crippen MR) is 155 cm³/mol. The van der Waals surface area contributed by atoms with Crippen molar-refractivity contribution < 1.29 is 26.3 Å². The number of rotatable bonds is 7. The van der Waals surface area contributed by atoms with E-state index >= 15 is 0 Å². The molecule has 2 atom stereocenters. The Balaban J connectivity index is 1.59. The first-order valence-electron chi connectivity index (χ1n) is 12.7. The van der Waals surface area contributed by atoms with Crippen LogP contribution in [0.4, 0.5) is 13.2 Å². The van der Waals surface area contributed by atoms with E-state index in [9.17, 15) is 31.2 Å². The molecule has 3 heterocycles. The van der Waals surface area contributed by atoms with Crippen molar-refractivity contribution in [2.24, 2.45) is 0 Å². The van der Waals surface area contributed by atoms with E-state index in [0.29, 0.717) is 33.2 Å². The largest absolute Gasteiger partial charge is 0.522 e. The van der Waals surface area contributed by atoms with Crippen LogP contribution < -0.4 is 11.1 Å². The van der Waals surface area contributed by atoms with Crippen molar-refractivity contribution in [1.82, 2.24) is 13.5 Å². The summed E-state index contributed by atoms with van der Waals surface area (Å²) < 4.78 is 69.9. The summed E-state index contributed by atoms with van der Waals surface area (Å²) in [7, 11) is -4.29. The molecule has 4 aromatic rings. The molecule has 0 fully saturated rings. The molecule has 0 amide bonds. The van der Waals surface area contributed by atoms with Crippen molar-refractivity contribution >= 4 is 38.1 Å². The molecule has 1 aromatic carbocycles. The number of H-pyrrole nitrogens is 1. The Kier molecular flexibility index (Phi) is 7.58. The Morgan fingerprint density at radius 1 is 1.10 bits per heavy atom. The van der Waals surface area contributed by atoms with Crippen molar-refractivity contribution in [3.63, 3.8) is 0 Å². The summed E-state index contributed by atoms with van der Waals surface area (Å²) in [5.41, 5.74) is 1.26. The minimum atomic E-state index is -4.83. The van der Waals surface area contributed by atoms with Gasteiger partial charge in [-0.1, -0.05) is 42.5 Å². The highest BCUT2D eigenvalue weighted by Crippen LogP contribution is 2.43. The number of fused-ring (bicyclic) bond motifs is 1. The minimum absolute atomic E-state index is 0.0327. The van der Waals surface area contributed by atoms with Crippen LogP contribution in [0.2, 0.25) is 0 Å². The number of nitrogens with one attached hydrogen (secondary N) is 1. The molecule has 0 bridgehead atoms. The zero-order valence-corrected chi connectivity index (χ0v) is 23.9. The first-order valence-corrected chi connectivity index (χ1v) is 14.6. The highest BCUT2D eigenvalue weighted by atomic mass is 35.5. The number of ether oxygens (including phenoxy) is 1. The van der Waals surface area contributed by atoms with E-state index in [1.807, 2.05) is 0 Å². The second kappa shape index (κ2) is 10.8. The number of allylic oxidation sites excluding steroid dienone is 3. The maximum atomic E-state index is 14.1. The molecule has 0 saturated carbocycles. The van der Waals surface area contributed by atoms with E-state index in [-0.39, 0.29) is 12.1 Å². The highest BCUT2D eigenvalue weighted by molar-refractivity contribution is 7.91. The lowest BCUT2D eigenvalue weighted by Gasteiger charge is -2.37. The van der Waals surface area contributed by atoms with Crippen molar-refractivity contribution in [2.45, 2.75) is 36.9 Å². The number of halogens is 4. The number of aromatic amines is 1. The molecule has 0 saturated heterocycles. The van der Waals surface area contributed by atoms with Gasteiger partial charge < -0.3 is 9.55 Å². The van der Waals surface area contributed by atoms with E-state index < -0.39 is 44.2 Å². The van der Waals surface area contributed by atoms with Gasteiger partial charge in [-0.25, -0.2) is 12.4 Å². The first kappa shape index (κ1) is 29.6. The summed E-state index contributed by atoms with van der Waals surface area (Å²) in [4.78, 5) is 28.0. The number of alkyl halides is 4. The molecule has 13 heteroatoms. The van der Waals surface area contributed by atoms with Gasteiger partial charge in [0.2, 0.25) is 10.0 Å². The van der Waals surface area contributed by atoms with Gasteiger partial charge in [0, 0.05) is 42.2 Å². The molecule has 0 spiro atoms. The van der Waals surface area contributed by atoms with Gasteiger partial charge in [0.05, 0.1) is 12.0 Å². The topological polar surface area (TPSA) is 103 Å².